The fraction of sp³-hybridized carbons (Fsp3) is 0.467. The molecule has 5 N–H and O–H groups in total. The maximum atomic E-state index is 11.7. The second kappa shape index (κ2) is 8.97. The predicted octanol–water partition coefficient (Wildman–Crippen LogP) is 1.74. The maximum Gasteiger partial charge on any atom is 0.319 e. The van der Waals surface area contributed by atoms with E-state index in [9.17, 15) is 9.59 Å². The molecular formula is C15H24N4O2. The summed E-state index contributed by atoms with van der Waals surface area (Å²) in [6.07, 6.45) is 0.816. The van der Waals surface area contributed by atoms with Crippen LogP contribution in [-0.2, 0) is 4.79 Å². The fourth-order valence-electron chi connectivity index (χ4n) is 1.95. The van der Waals surface area contributed by atoms with Crippen molar-refractivity contribution in [3.05, 3.63) is 29.8 Å². The standard InChI is InChI=1S/C15H24N4O2/c1-3-17-11(2)12-6-4-7-13(10-12)19-15(21)18-9-5-8-14(16)20/h4,6-7,10-11,17H,3,5,8-9H2,1-2H3,(H2,16,20)(H2,18,19,21). The normalized spacial score (nSPS) is 11.7. The van der Waals surface area contributed by atoms with E-state index in [-0.39, 0.29) is 24.4 Å². The number of amides is 3. The number of nitrogens with two attached hydrogens (primary N) is 1. The van der Waals surface area contributed by atoms with Crippen molar-refractivity contribution >= 4 is 17.6 Å². The highest BCUT2D eigenvalue weighted by Gasteiger charge is 2.06. The molecular weight excluding hydrogens is 268 g/mol. The number of hydrogen-bond acceptors (Lipinski definition) is 3. The SMILES string of the molecule is CCNC(C)c1cccc(NC(=O)NCCCC(N)=O)c1. The van der Waals surface area contributed by atoms with Gasteiger partial charge in [0.1, 0.15) is 0 Å². The molecule has 0 heterocycles. The zero-order valence-electron chi connectivity index (χ0n) is 12.6. The molecule has 0 saturated heterocycles. The largest absolute Gasteiger partial charge is 0.370 e. The molecule has 1 aromatic carbocycles. The molecule has 0 aliphatic heterocycles. The highest BCUT2D eigenvalue weighted by molar-refractivity contribution is 5.89. The Balaban J connectivity index is 2.45. The molecule has 0 radical (unpaired) electrons. The first kappa shape index (κ1) is 17.0. The lowest BCUT2D eigenvalue weighted by Gasteiger charge is -2.14. The minimum Gasteiger partial charge on any atom is -0.370 e. The second-order valence-electron chi connectivity index (χ2n) is 4.86. The number of primary amides is 1. The van der Waals surface area contributed by atoms with E-state index in [4.69, 9.17) is 5.73 Å². The van der Waals surface area contributed by atoms with E-state index in [2.05, 4.69) is 29.8 Å². The Bertz CT molecular complexity index is 476. The van der Waals surface area contributed by atoms with Crippen molar-refractivity contribution < 1.29 is 9.59 Å². The Morgan fingerprint density at radius 2 is 2.10 bits per heavy atom. The lowest BCUT2D eigenvalue weighted by atomic mass is 10.1. The molecule has 1 aromatic rings. The minimum absolute atomic E-state index is 0.232. The van der Waals surface area contributed by atoms with Crippen LogP contribution in [0, 0.1) is 0 Å². The minimum atomic E-state index is -0.359. The number of carbonyl (C=O) groups is 2. The monoisotopic (exact) mass is 292 g/mol. The van der Waals surface area contributed by atoms with Crippen molar-refractivity contribution in [2.75, 3.05) is 18.4 Å². The summed E-state index contributed by atoms with van der Waals surface area (Å²) in [5.41, 5.74) is 6.88. The summed E-state index contributed by atoms with van der Waals surface area (Å²) >= 11 is 0. The summed E-state index contributed by atoms with van der Waals surface area (Å²) in [6.45, 7) is 5.44. The topological polar surface area (TPSA) is 96.2 Å². The molecule has 0 bridgehead atoms. The zero-order chi connectivity index (χ0) is 15.7. The van der Waals surface area contributed by atoms with Gasteiger partial charge in [0.05, 0.1) is 0 Å². The van der Waals surface area contributed by atoms with Crippen molar-refractivity contribution in [2.45, 2.75) is 32.7 Å². The van der Waals surface area contributed by atoms with Crippen molar-refractivity contribution in [3.63, 3.8) is 0 Å². The molecule has 0 fully saturated rings. The fourth-order valence-corrected chi connectivity index (χ4v) is 1.95. The van der Waals surface area contributed by atoms with Crippen LogP contribution in [0.15, 0.2) is 24.3 Å². The van der Waals surface area contributed by atoms with Gasteiger partial charge >= 0.3 is 6.03 Å². The molecule has 3 amide bonds. The van der Waals surface area contributed by atoms with Crippen molar-refractivity contribution in [1.29, 1.82) is 0 Å². The molecule has 0 saturated carbocycles. The Morgan fingerprint density at radius 3 is 2.76 bits per heavy atom. The molecule has 6 heteroatoms. The molecule has 6 nitrogen and oxygen atoms in total. The maximum absolute atomic E-state index is 11.7. The molecule has 1 atom stereocenters. The zero-order valence-corrected chi connectivity index (χ0v) is 12.6. The number of nitrogens with one attached hydrogen (secondary N) is 3. The third kappa shape index (κ3) is 6.76. The van der Waals surface area contributed by atoms with Gasteiger partial charge in [-0.15, -0.1) is 0 Å². The van der Waals surface area contributed by atoms with Gasteiger partial charge in [-0.3, -0.25) is 4.79 Å². The lowest BCUT2D eigenvalue weighted by Crippen LogP contribution is -2.30. The number of benzene rings is 1. The quantitative estimate of drug-likeness (QED) is 0.549. The average Bonchev–Trinajstić information content (AvgIpc) is 2.44. The molecule has 21 heavy (non-hydrogen) atoms. The van der Waals surface area contributed by atoms with Crippen molar-refractivity contribution in [2.24, 2.45) is 5.73 Å². The summed E-state index contributed by atoms with van der Waals surface area (Å²) in [5.74, 6) is -0.359. The van der Waals surface area contributed by atoms with Crippen LogP contribution in [0.4, 0.5) is 10.5 Å². The molecule has 0 aromatic heterocycles. The lowest BCUT2D eigenvalue weighted by molar-refractivity contribution is -0.118. The average molecular weight is 292 g/mol. The van der Waals surface area contributed by atoms with E-state index in [0.717, 1.165) is 17.8 Å². The predicted molar refractivity (Wildman–Crippen MR) is 84.0 cm³/mol. The van der Waals surface area contributed by atoms with Gasteiger partial charge in [0.15, 0.2) is 0 Å². The number of hydrogen-bond donors (Lipinski definition) is 4. The van der Waals surface area contributed by atoms with E-state index < -0.39 is 0 Å². The summed E-state index contributed by atoms with van der Waals surface area (Å²) in [5, 5.41) is 8.78. The summed E-state index contributed by atoms with van der Waals surface area (Å²) in [6, 6.07) is 7.65. The van der Waals surface area contributed by atoms with Gasteiger partial charge in [-0.1, -0.05) is 19.1 Å². The van der Waals surface area contributed by atoms with Crippen LogP contribution < -0.4 is 21.7 Å². The molecule has 1 unspecified atom stereocenters. The van der Waals surface area contributed by atoms with Crippen LogP contribution in [0.3, 0.4) is 0 Å². The van der Waals surface area contributed by atoms with E-state index in [1.165, 1.54) is 0 Å². The third-order valence-corrected chi connectivity index (χ3v) is 3.04. The van der Waals surface area contributed by atoms with Crippen molar-refractivity contribution in [3.8, 4) is 0 Å². The van der Waals surface area contributed by atoms with E-state index >= 15 is 0 Å². The smallest absolute Gasteiger partial charge is 0.319 e. The summed E-state index contributed by atoms with van der Waals surface area (Å²) < 4.78 is 0. The van der Waals surface area contributed by atoms with Crippen LogP contribution in [-0.4, -0.2) is 25.0 Å². The number of carbonyl (C=O) groups excluding carboxylic acids is 2. The van der Waals surface area contributed by atoms with E-state index in [1.807, 2.05) is 24.3 Å². The third-order valence-electron chi connectivity index (χ3n) is 3.04. The van der Waals surface area contributed by atoms with Gasteiger partial charge in [-0.25, -0.2) is 4.79 Å². The Morgan fingerprint density at radius 1 is 1.33 bits per heavy atom. The van der Waals surface area contributed by atoms with Gasteiger partial charge in [0.25, 0.3) is 0 Å². The van der Waals surface area contributed by atoms with Crippen LogP contribution in [0.5, 0.6) is 0 Å². The highest BCUT2D eigenvalue weighted by Crippen LogP contribution is 2.17. The molecule has 0 aliphatic carbocycles. The first-order valence-corrected chi connectivity index (χ1v) is 7.19. The van der Waals surface area contributed by atoms with Crippen LogP contribution in [0.25, 0.3) is 0 Å². The molecule has 0 aliphatic rings. The Labute approximate surface area is 125 Å². The summed E-state index contributed by atoms with van der Waals surface area (Å²) in [7, 11) is 0. The first-order chi connectivity index (χ1) is 10.0. The van der Waals surface area contributed by atoms with Crippen LogP contribution in [0.1, 0.15) is 38.3 Å². The molecule has 0 spiro atoms. The van der Waals surface area contributed by atoms with E-state index in [1.54, 1.807) is 0 Å². The molecule has 1 rings (SSSR count). The van der Waals surface area contributed by atoms with Gasteiger partial charge in [-0.2, -0.15) is 0 Å². The number of urea groups is 1. The van der Waals surface area contributed by atoms with Crippen molar-refractivity contribution in [1.82, 2.24) is 10.6 Å². The summed E-state index contributed by atoms with van der Waals surface area (Å²) in [4.78, 5) is 22.3. The van der Waals surface area contributed by atoms with Gasteiger partial charge in [0.2, 0.25) is 5.91 Å². The Kier molecular flexibility index (Phi) is 7.25. The highest BCUT2D eigenvalue weighted by atomic mass is 16.2. The van der Waals surface area contributed by atoms with Gasteiger partial charge < -0.3 is 21.7 Å². The first-order valence-electron chi connectivity index (χ1n) is 7.19. The number of rotatable bonds is 8. The number of anilines is 1. The van der Waals surface area contributed by atoms with Crippen LogP contribution in [0.2, 0.25) is 0 Å². The molecule has 116 valence electrons. The van der Waals surface area contributed by atoms with Gasteiger partial charge in [-0.05, 0) is 37.6 Å². The van der Waals surface area contributed by atoms with E-state index in [0.29, 0.717) is 13.0 Å². The van der Waals surface area contributed by atoms with Gasteiger partial charge in [0, 0.05) is 24.7 Å². The second-order valence-corrected chi connectivity index (χ2v) is 4.86. The van der Waals surface area contributed by atoms with Crippen LogP contribution >= 0.6 is 0 Å². The Hall–Kier alpha value is -2.08.